The molecule has 0 N–H and O–H groups in total. The molecule has 0 aliphatic carbocycles. The Bertz CT molecular complexity index is 382. The monoisotopic (exact) mass is 205 g/mol. The molecule has 5 nitrogen and oxygen atoms in total. The molecule has 0 radical (unpaired) electrons. The highest BCUT2D eigenvalue weighted by molar-refractivity contribution is 5.56. The van der Waals surface area contributed by atoms with Gasteiger partial charge < -0.3 is 9.64 Å². The van der Waals surface area contributed by atoms with E-state index in [-0.39, 0.29) is 0 Å². The minimum atomic E-state index is 0.536. The van der Waals surface area contributed by atoms with E-state index in [2.05, 4.69) is 14.9 Å². The fourth-order valence-corrected chi connectivity index (χ4v) is 1.52. The second kappa shape index (κ2) is 4.68. The van der Waals surface area contributed by atoms with Crippen molar-refractivity contribution in [2.75, 3.05) is 31.2 Å². The van der Waals surface area contributed by atoms with Gasteiger partial charge in [0, 0.05) is 13.1 Å². The maximum Gasteiger partial charge on any atom is 0.240 e. The van der Waals surface area contributed by atoms with Crippen LogP contribution in [-0.2, 0) is 9.53 Å². The summed E-state index contributed by atoms with van der Waals surface area (Å²) in [6.45, 7) is 3.13. The van der Waals surface area contributed by atoms with Gasteiger partial charge in [-0.15, -0.1) is 0 Å². The molecule has 1 saturated heterocycles. The number of isocyanates is 1. The molecule has 2 rings (SSSR count). The molecule has 78 valence electrons. The maximum absolute atomic E-state index is 10.1. The lowest BCUT2D eigenvalue weighted by atomic mass is 10.3. The first-order valence-electron chi connectivity index (χ1n) is 4.76. The van der Waals surface area contributed by atoms with Crippen molar-refractivity contribution in [3.05, 3.63) is 18.5 Å². The van der Waals surface area contributed by atoms with E-state index in [1.807, 2.05) is 6.07 Å². The van der Waals surface area contributed by atoms with Crippen molar-refractivity contribution in [1.82, 2.24) is 4.98 Å². The van der Waals surface area contributed by atoms with Crippen LogP contribution in [-0.4, -0.2) is 37.4 Å². The van der Waals surface area contributed by atoms with Gasteiger partial charge in [0.05, 0.1) is 37.0 Å². The molecule has 0 saturated carbocycles. The highest BCUT2D eigenvalue weighted by Gasteiger charge is 2.11. The Morgan fingerprint density at radius 3 is 2.93 bits per heavy atom. The van der Waals surface area contributed by atoms with Gasteiger partial charge in [0.1, 0.15) is 0 Å². The number of ether oxygens (including phenoxy) is 1. The molecule has 2 heterocycles. The van der Waals surface area contributed by atoms with E-state index in [9.17, 15) is 4.79 Å². The molecule has 0 amide bonds. The molecule has 15 heavy (non-hydrogen) atoms. The van der Waals surface area contributed by atoms with Crippen molar-refractivity contribution in [3.8, 4) is 0 Å². The maximum atomic E-state index is 10.1. The Morgan fingerprint density at radius 1 is 1.40 bits per heavy atom. The van der Waals surface area contributed by atoms with Crippen molar-refractivity contribution in [3.63, 3.8) is 0 Å². The van der Waals surface area contributed by atoms with Crippen molar-refractivity contribution < 1.29 is 9.53 Å². The zero-order valence-electron chi connectivity index (χ0n) is 8.22. The molecular formula is C10H11N3O2. The fourth-order valence-electron chi connectivity index (χ4n) is 1.52. The number of pyridine rings is 1. The summed E-state index contributed by atoms with van der Waals surface area (Å²) in [4.78, 5) is 19.8. The Balaban J connectivity index is 2.19. The number of carbonyl (C=O) groups excluding carboxylic acids is 1. The van der Waals surface area contributed by atoms with Crippen LogP contribution in [0.3, 0.4) is 0 Å². The molecule has 0 atom stereocenters. The molecule has 0 aromatic carbocycles. The third-order valence-corrected chi connectivity index (χ3v) is 2.26. The second-order valence-corrected chi connectivity index (χ2v) is 3.20. The summed E-state index contributed by atoms with van der Waals surface area (Å²) in [5, 5.41) is 0. The molecule has 1 aromatic heterocycles. The van der Waals surface area contributed by atoms with Gasteiger partial charge in [-0.3, -0.25) is 4.98 Å². The molecule has 0 unspecified atom stereocenters. The Morgan fingerprint density at radius 2 is 2.20 bits per heavy atom. The summed E-state index contributed by atoms with van der Waals surface area (Å²) >= 11 is 0. The summed E-state index contributed by atoms with van der Waals surface area (Å²) in [5.41, 5.74) is 1.50. The predicted octanol–water partition coefficient (Wildman–Crippen LogP) is 0.885. The Hall–Kier alpha value is -1.71. The summed E-state index contributed by atoms with van der Waals surface area (Å²) in [7, 11) is 0. The van der Waals surface area contributed by atoms with Gasteiger partial charge in [-0.25, -0.2) is 4.79 Å². The average Bonchev–Trinajstić information content (AvgIpc) is 2.31. The van der Waals surface area contributed by atoms with Crippen LogP contribution in [0.25, 0.3) is 0 Å². The number of anilines is 1. The average molecular weight is 205 g/mol. The number of aromatic nitrogens is 1. The van der Waals surface area contributed by atoms with Crippen molar-refractivity contribution in [2.24, 2.45) is 4.99 Å². The van der Waals surface area contributed by atoms with E-state index < -0.39 is 0 Å². The van der Waals surface area contributed by atoms with Gasteiger partial charge in [-0.05, 0) is 6.07 Å². The van der Waals surface area contributed by atoms with Crippen molar-refractivity contribution in [1.29, 1.82) is 0 Å². The van der Waals surface area contributed by atoms with Gasteiger partial charge in [0.15, 0.2) is 0 Å². The highest BCUT2D eigenvalue weighted by Crippen LogP contribution is 2.20. The molecule has 5 heteroatoms. The van der Waals surface area contributed by atoms with E-state index in [1.165, 1.54) is 12.3 Å². The summed E-state index contributed by atoms with van der Waals surface area (Å²) < 4.78 is 5.25. The van der Waals surface area contributed by atoms with Crippen LogP contribution >= 0.6 is 0 Å². The highest BCUT2D eigenvalue weighted by atomic mass is 16.5. The van der Waals surface area contributed by atoms with E-state index in [0.29, 0.717) is 5.69 Å². The van der Waals surface area contributed by atoms with Crippen LogP contribution in [0, 0.1) is 0 Å². The minimum Gasteiger partial charge on any atom is -0.378 e. The number of morpholine rings is 1. The van der Waals surface area contributed by atoms with Gasteiger partial charge in [0.2, 0.25) is 6.08 Å². The lowest BCUT2D eigenvalue weighted by molar-refractivity contribution is 0.122. The summed E-state index contributed by atoms with van der Waals surface area (Å²) in [6, 6.07) is 1.82. The van der Waals surface area contributed by atoms with Gasteiger partial charge in [0.25, 0.3) is 0 Å². The zero-order valence-corrected chi connectivity index (χ0v) is 8.22. The molecular weight excluding hydrogens is 194 g/mol. The van der Waals surface area contributed by atoms with Gasteiger partial charge in [-0.1, -0.05) is 0 Å². The molecule has 0 bridgehead atoms. The van der Waals surface area contributed by atoms with Crippen LogP contribution < -0.4 is 4.90 Å². The first kappa shape index (κ1) is 9.83. The van der Waals surface area contributed by atoms with E-state index >= 15 is 0 Å². The SMILES string of the molecule is O=C=Nc1cncc(N2CCOCC2)c1. The third kappa shape index (κ3) is 2.40. The molecule has 1 fully saturated rings. The number of nitrogens with zero attached hydrogens (tertiary/aromatic N) is 3. The van der Waals surface area contributed by atoms with Crippen LogP contribution in [0.5, 0.6) is 0 Å². The molecule has 1 aromatic rings. The van der Waals surface area contributed by atoms with Crippen LogP contribution in [0.4, 0.5) is 11.4 Å². The fraction of sp³-hybridized carbons (Fsp3) is 0.400. The summed E-state index contributed by atoms with van der Waals surface area (Å²) in [6.07, 6.45) is 4.80. The Kier molecular flexibility index (Phi) is 3.07. The molecule has 0 spiro atoms. The first-order chi connectivity index (χ1) is 7.40. The lowest BCUT2D eigenvalue weighted by Gasteiger charge is -2.28. The summed E-state index contributed by atoms with van der Waals surface area (Å²) in [5.74, 6) is 0. The topological polar surface area (TPSA) is 54.8 Å². The number of hydrogen-bond acceptors (Lipinski definition) is 5. The number of hydrogen-bond donors (Lipinski definition) is 0. The largest absolute Gasteiger partial charge is 0.378 e. The minimum absolute atomic E-state index is 0.536. The van der Waals surface area contributed by atoms with Crippen LogP contribution in [0.15, 0.2) is 23.5 Å². The van der Waals surface area contributed by atoms with Gasteiger partial charge >= 0.3 is 0 Å². The Labute approximate surface area is 87.4 Å². The first-order valence-corrected chi connectivity index (χ1v) is 4.76. The van der Waals surface area contributed by atoms with E-state index in [0.717, 1.165) is 32.0 Å². The number of aliphatic imine (C=N–C) groups is 1. The number of rotatable bonds is 2. The lowest BCUT2D eigenvalue weighted by Crippen LogP contribution is -2.36. The predicted molar refractivity (Wildman–Crippen MR) is 55.1 cm³/mol. The van der Waals surface area contributed by atoms with E-state index in [4.69, 9.17) is 4.74 Å². The van der Waals surface area contributed by atoms with Crippen molar-refractivity contribution >= 4 is 17.5 Å². The normalized spacial score (nSPS) is 15.9. The smallest absolute Gasteiger partial charge is 0.240 e. The third-order valence-electron chi connectivity index (χ3n) is 2.26. The van der Waals surface area contributed by atoms with E-state index in [1.54, 1.807) is 6.20 Å². The molecule has 1 aliphatic heterocycles. The quantitative estimate of drug-likeness (QED) is 0.531. The zero-order chi connectivity index (χ0) is 10.5. The van der Waals surface area contributed by atoms with Gasteiger partial charge in [-0.2, -0.15) is 4.99 Å². The standard InChI is InChI=1S/C10H11N3O2/c14-8-12-9-5-10(7-11-6-9)13-1-3-15-4-2-13/h5-7H,1-4H2. The molecule has 1 aliphatic rings. The second-order valence-electron chi connectivity index (χ2n) is 3.20. The van der Waals surface area contributed by atoms with Crippen molar-refractivity contribution in [2.45, 2.75) is 0 Å². The van der Waals surface area contributed by atoms with Crippen LogP contribution in [0.2, 0.25) is 0 Å². The van der Waals surface area contributed by atoms with Crippen LogP contribution in [0.1, 0.15) is 0 Å².